The van der Waals surface area contributed by atoms with Crippen LogP contribution in [0.25, 0.3) is 0 Å². The Morgan fingerprint density at radius 3 is 2.56 bits per heavy atom. The van der Waals surface area contributed by atoms with Crippen molar-refractivity contribution < 1.29 is 14.0 Å². The van der Waals surface area contributed by atoms with Gasteiger partial charge in [0.15, 0.2) is 10.4 Å². The normalized spacial score (nSPS) is 9.88. The first kappa shape index (κ1) is 12.8. The first-order chi connectivity index (χ1) is 7.59. The minimum atomic E-state index is -0.256. The van der Waals surface area contributed by atoms with Crippen LogP contribution in [0, 0.1) is 0 Å². The molecule has 6 heteroatoms. The third kappa shape index (κ3) is 4.48. The van der Waals surface area contributed by atoms with E-state index in [2.05, 4.69) is 26.6 Å². The molecule has 1 rings (SSSR count). The summed E-state index contributed by atoms with van der Waals surface area (Å²) in [5.74, 6) is -0.0544. The second kappa shape index (κ2) is 6.32. The standard InChI is InChI=1S/C10H13BrN2O3/c1-7(14)12-5-2-6-13-10(15)8-3-4-9(11)16-8/h3-4H,2,5-6H2,1H3,(H,12,14)(H,13,15). The van der Waals surface area contributed by atoms with Crippen LogP contribution < -0.4 is 10.6 Å². The smallest absolute Gasteiger partial charge is 0.287 e. The number of rotatable bonds is 5. The molecule has 0 unspecified atom stereocenters. The zero-order chi connectivity index (χ0) is 12.0. The molecule has 2 amide bonds. The van der Waals surface area contributed by atoms with Crippen LogP contribution in [0.15, 0.2) is 21.2 Å². The molecule has 0 saturated carbocycles. The van der Waals surface area contributed by atoms with Crippen molar-refractivity contribution in [2.45, 2.75) is 13.3 Å². The predicted molar refractivity (Wildman–Crippen MR) is 62.0 cm³/mol. The summed E-state index contributed by atoms with van der Waals surface area (Å²) in [5, 5.41) is 5.32. The van der Waals surface area contributed by atoms with Gasteiger partial charge in [0.05, 0.1) is 0 Å². The van der Waals surface area contributed by atoms with Gasteiger partial charge in [0, 0.05) is 20.0 Å². The van der Waals surface area contributed by atoms with Crippen molar-refractivity contribution in [1.82, 2.24) is 10.6 Å². The Morgan fingerprint density at radius 2 is 2.00 bits per heavy atom. The Labute approximate surface area is 102 Å². The summed E-state index contributed by atoms with van der Waals surface area (Å²) in [5.41, 5.74) is 0. The van der Waals surface area contributed by atoms with Gasteiger partial charge in [-0.25, -0.2) is 0 Å². The Balaban J connectivity index is 2.18. The summed E-state index contributed by atoms with van der Waals surface area (Å²) in [4.78, 5) is 22.0. The van der Waals surface area contributed by atoms with Gasteiger partial charge in [-0.05, 0) is 34.5 Å². The Kier molecular flexibility index (Phi) is 5.04. The SMILES string of the molecule is CC(=O)NCCCNC(=O)c1ccc(Br)o1. The van der Waals surface area contributed by atoms with Crippen LogP contribution in [0.3, 0.4) is 0 Å². The second-order valence-electron chi connectivity index (χ2n) is 3.20. The van der Waals surface area contributed by atoms with E-state index >= 15 is 0 Å². The Bertz CT molecular complexity index is 376. The molecule has 1 aromatic heterocycles. The summed E-state index contributed by atoms with van der Waals surface area (Å²) in [6, 6.07) is 3.25. The van der Waals surface area contributed by atoms with Crippen molar-refractivity contribution in [1.29, 1.82) is 0 Å². The second-order valence-corrected chi connectivity index (χ2v) is 3.98. The fourth-order valence-corrected chi connectivity index (χ4v) is 1.38. The van der Waals surface area contributed by atoms with Crippen molar-refractivity contribution in [3.8, 4) is 0 Å². The number of furan rings is 1. The van der Waals surface area contributed by atoms with E-state index in [0.29, 0.717) is 24.2 Å². The van der Waals surface area contributed by atoms with E-state index in [1.807, 2.05) is 0 Å². The number of carbonyl (C=O) groups is 2. The molecule has 1 heterocycles. The minimum absolute atomic E-state index is 0.0682. The molecule has 0 aliphatic rings. The van der Waals surface area contributed by atoms with Gasteiger partial charge in [0.25, 0.3) is 5.91 Å². The first-order valence-corrected chi connectivity index (χ1v) is 5.67. The third-order valence-electron chi connectivity index (χ3n) is 1.81. The highest BCUT2D eigenvalue weighted by atomic mass is 79.9. The van der Waals surface area contributed by atoms with Crippen molar-refractivity contribution in [2.75, 3.05) is 13.1 Å². The van der Waals surface area contributed by atoms with Crippen LogP contribution in [0.4, 0.5) is 0 Å². The van der Waals surface area contributed by atoms with Crippen LogP contribution in [0.5, 0.6) is 0 Å². The highest BCUT2D eigenvalue weighted by Gasteiger charge is 2.08. The van der Waals surface area contributed by atoms with Gasteiger partial charge in [-0.15, -0.1) is 0 Å². The molecule has 0 aliphatic carbocycles. The quantitative estimate of drug-likeness (QED) is 0.803. The first-order valence-electron chi connectivity index (χ1n) is 4.87. The fraction of sp³-hybridized carbons (Fsp3) is 0.400. The number of halogens is 1. The molecule has 0 aromatic carbocycles. The molecule has 0 radical (unpaired) electrons. The molecule has 2 N–H and O–H groups in total. The maximum atomic E-state index is 11.4. The Morgan fingerprint density at radius 1 is 1.31 bits per heavy atom. The average molecular weight is 289 g/mol. The number of carbonyl (C=O) groups excluding carboxylic acids is 2. The lowest BCUT2D eigenvalue weighted by molar-refractivity contribution is -0.118. The Hall–Kier alpha value is -1.30. The largest absolute Gasteiger partial charge is 0.444 e. The molecule has 88 valence electrons. The molecule has 0 aliphatic heterocycles. The summed E-state index contributed by atoms with van der Waals surface area (Å²) in [6.45, 7) is 2.51. The molecule has 0 bridgehead atoms. The van der Waals surface area contributed by atoms with Crippen molar-refractivity contribution >= 4 is 27.7 Å². The summed E-state index contributed by atoms with van der Waals surface area (Å²) in [7, 11) is 0. The molecule has 1 aromatic rings. The van der Waals surface area contributed by atoms with Crippen LogP contribution in [0.2, 0.25) is 0 Å². The lowest BCUT2D eigenvalue weighted by atomic mass is 10.4. The molecule has 0 atom stereocenters. The van der Waals surface area contributed by atoms with E-state index in [1.54, 1.807) is 12.1 Å². The molecule has 5 nitrogen and oxygen atoms in total. The van der Waals surface area contributed by atoms with Crippen LogP contribution in [0.1, 0.15) is 23.9 Å². The van der Waals surface area contributed by atoms with E-state index in [-0.39, 0.29) is 17.6 Å². The third-order valence-corrected chi connectivity index (χ3v) is 2.24. The summed E-state index contributed by atoms with van der Waals surface area (Å²) >= 11 is 3.12. The van der Waals surface area contributed by atoms with Crippen molar-refractivity contribution in [3.05, 3.63) is 22.6 Å². The molecule has 0 saturated heterocycles. The molecular weight excluding hydrogens is 276 g/mol. The van der Waals surface area contributed by atoms with Crippen molar-refractivity contribution in [3.63, 3.8) is 0 Å². The van der Waals surface area contributed by atoms with Gasteiger partial charge in [-0.3, -0.25) is 9.59 Å². The molecule has 0 spiro atoms. The van der Waals surface area contributed by atoms with Crippen LogP contribution >= 0.6 is 15.9 Å². The highest BCUT2D eigenvalue weighted by molar-refractivity contribution is 9.10. The number of amides is 2. The van der Waals surface area contributed by atoms with Gasteiger partial charge in [-0.2, -0.15) is 0 Å². The molecular formula is C10H13BrN2O3. The van der Waals surface area contributed by atoms with Gasteiger partial charge in [-0.1, -0.05) is 0 Å². The number of hydrogen-bond acceptors (Lipinski definition) is 3. The van der Waals surface area contributed by atoms with Gasteiger partial charge >= 0.3 is 0 Å². The van der Waals surface area contributed by atoms with E-state index in [1.165, 1.54) is 6.92 Å². The monoisotopic (exact) mass is 288 g/mol. The lowest BCUT2D eigenvalue weighted by Gasteiger charge is -2.03. The summed E-state index contributed by atoms with van der Waals surface area (Å²) < 4.78 is 5.60. The predicted octanol–water partition coefficient (Wildman–Crippen LogP) is 1.30. The number of hydrogen-bond donors (Lipinski definition) is 2. The van der Waals surface area contributed by atoms with Gasteiger partial charge in [0.2, 0.25) is 5.91 Å². The fourth-order valence-electron chi connectivity index (χ4n) is 1.08. The van der Waals surface area contributed by atoms with E-state index in [0.717, 1.165) is 0 Å². The molecule has 0 fully saturated rings. The van der Waals surface area contributed by atoms with Crippen LogP contribution in [-0.4, -0.2) is 24.9 Å². The topological polar surface area (TPSA) is 71.3 Å². The lowest BCUT2D eigenvalue weighted by Crippen LogP contribution is -2.28. The van der Waals surface area contributed by atoms with Crippen LogP contribution in [-0.2, 0) is 4.79 Å². The molecule has 16 heavy (non-hydrogen) atoms. The van der Waals surface area contributed by atoms with E-state index in [9.17, 15) is 9.59 Å². The maximum Gasteiger partial charge on any atom is 0.287 e. The average Bonchev–Trinajstić information content (AvgIpc) is 2.63. The van der Waals surface area contributed by atoms with Gasteiger partial charge in [0.1, 0.15) is 0 Å². The zero-order valence-electron chi connectivity index (χ0n) is 8.88. The summed E-state index contributed by atoms with van der Waals surface area (Å²) in [6.07, 6.45) is 0.688. The van der Waals surface area contributed by atoms with Crippen molar-refractivity contribution in [2.24, 2.45) is 0 Å². The zero-order valence-corrected chi connectivity index (χ0v) is 10.5. The van der Waals surface area contributed by atoms with Gasteiger partial charge < -0.3 is 15.1 Å². The van der Waals surface area contributed by atoms with E-state index < -0.39 is 0 Å². The number of nitrogens with one attached hydrogen (secondary N) is 2. The van der Waals surface area contributed by atoms with E-state index in [4.69, 9.17) is 4.42 Å². The minimum Gasteiger partial charge on any atom is -0.444 e. The highest BCUT2D eigenvalue weighted by Crippen LogP contribution is 2.13. The maximum absolute atomic E-state index is 11.4.